The summed E-state index contributed by atoms with van der Waals surface area (Å²) < 4.78 is 0. The Hall–Kier alpha value is -1.77. The molecule has 0 saturated carbocycles. The van der Waals surface area contributed by atoms with Crippen LogP contribution in [0.15, 0.2) is 29.4 Å². The van der Waals surface area contributed by atoms with Crippen molar-refractivity contribution < 1.29 is 0 Å². The molecular formula is C22H35IN6. The fourth-order valence-electron chi connectivity index (χ4n) is 3.75. The molecule has 1 aliphatic rings. The predicted molar refractivity (Wildman–Crippen MR) is 133 cm³/mol. The Morgan fingerprint density at radius 1 is 1.17 bits per heavy atom. The van der Waals surface area contributed by atoms with Crippen LogP contribution < -0.4 is 10.2 Å². The highest BCUT2D eigenvalue weighted by Crippen LogP contribution is 2.23. The van der Waals surface area contributed by atoms with E-state index >= 15 is 0 Å². The molecule has 0 unspecified atom stereocenters. The maximum Gasteiger partial charge on any atom is 0.194 e. The first kappa shape index (κ1) is 23.5. The van der Waals surface area contributed by atoms with Gasteiger partial charge in [-0.3, -0.25) is 10.1 Å². The second-order valence-electron chi connectivity index (χ2n) is 7.55. The van der Waals surface area contributed by atoms with E-state index in [4.69, 9.17) is 4.99 Å². The van der Waals surface area contributed by atoms with E-state index in [1.165, 1.54) is 28.1 Å². The molecule has 0 atom stereocenters. The number of guanidine groups is 1. The van der Waals surface area contributed by atoms with Crippen LogP contribution in [0.4, 0.5) is 5.69 Å². The molecule has 0 aliphatic carbocycles. The van der Waals surface area contributed by atoms with E-state index in [1.807, 2.05) is 6.20 Å². The summed E-state index contributed by atoms with van der Waals surface area (Å²) in [4.78, 5) is 9.78. The van der Waals surface area contributed by atoms with Crippen molar-refractivity contribution in [3.05, 3.63) is 46.8 Å². The number of piperazine rings is 1. The summed E-state index contributed by atoms with van der Waals surface area (Å²) in [6.45, 7) is 14.4. The van der Waals surface area contributed by atoms with Crippen LogP contribution in [0.25, 0.3) is 0 Å². The molecular weight excluding hydrogens is 475 g/mol. The normalized spacial score (nSPS) is 14.7. The van der Waals surface area contributed by atoms with Crippen molar-refractivity contribution >= 4 is 35.6 Å². The topological polar surface area (TPSA) is 59.6 Å². The van der Waals surface area contributed by atoms with Gasteiger partial charge in [0.1, 0.15) is 0 Å². The zero-order chi connectivity index (χ0) is 19.9. The number of benzene rings is 1. The minimum Gasteiger partial charge on any atom is -0.368 e. The van der Waals surface area contributed by atoms with E-state index in [1.54, 1.807) is 0 Å². The molecule has 2 N–H and O–H groups in total. The highest BCUT2D eigenvalue weighted by atomic mass is 127. The fraction of sp³-hybridized carbons (Fsp3) is 0.545. The van der Waals surface area contributed by atoms with E-state index in [-0.39, 0.29) is 24.0 Å². The molecule has 1 aromatic heterocycles. The molecule has 0 radical (unpaired) electrons. The number of H-pyrrole nitrogens is 1. The third-order valence-electron chi connectivity index (χ3n) is 5.63. The van der Waals surface area contributed by atoms with E-state index in [9.17, 15) is 0 Å². The number of aliphatic imine (C=N–C) groups is 1. The number of aromatic amines is 1. The monoisotopic (exact) mass is 510 g/mol. The molecule has 6 nitrogen and oxygen atoms in total. The van der Waals surface area contributed by atoms with Gasteiger partial charge < -0.3 is 15.1 Å². The Kier molecular flexibility index (Phi) is 9.26. The molecule has 3 rings (SSSR count). The van der Waals surface area contributed by atoms with Gasteiger partial charge in [0, 0.05) is 50.6 Å². The highest BCUT2D eigenvalue weighted by molar-refractivity contribution is 14.0. The van der Waals surface area contributed by atoms with Gasteiger partial charge in [-0.2, -0.15) is 5.10 Å². The van der Waals surface area contributed by atoms with Crippen LogP contribution in [0.3, 0.4) is 0 Å². The number of anilines is 1. The zero-order valence-corrected chi connectivity index (χ0v) is 20.5. The van der Waals surface area contributed by atoms with E-state index in [2.05, 4.69) is 71.2 Å². The zero-order valence-electron chi connectivity index (χ0n) is 18.2. The summed E-state index contributed by atoms with van der Waals surface area (Å²) in [5, 5.41) is 10.6. The largest absolute Gasteiger partial charge is 0.368 e. The molecule has 1 saturated heterocycles. The first-order valence-electron chi connectivity index (χ1n) is 10.4. The number of hydrogen-bond donors (Lipinski definition) is 2. The first-order valence-corrected chi connectivity index (χ1v) is 10.4. The van der Waals surface area contributed by atoms with Crippen LogP contribution in [-0.2, 0) is 6.42 Å². The maximum absolute atomic E-state index is 4.88. The van der Waals surface area contributed by atoms with Gasteiger partial charge in [0.05, 0.1) is 6.20 Å². The van der Waals surface area contributed by atoms with Crippen molar-refractivity contribution in [1.29, 1.82) is 0 Å². The molecule has 2 aromatic rings. The summed E-state index contributed by atoms with van der Waals surface area (Å²) in [6.07, 6.45) is 3.99. The summed E-state index contributed by atoms with van der Waals surface area (Å²) in [5.41, 5.74) is 6.59. The minimum atomic E-state index is 0. The standard InChI is InChI=1S/C22H34N6.HI/c1-5-23-22(24-11-7-9-20-16-25-26-19(20)4)28-14-12-27(13-15-28)21-10-6-8-17(2)18(21)3;/h6,8,10,16H,5,7,9,11-15H2,1-4H3,(H,23,24)(H,25,26);1H. The molecule has 0 amide bonds. The molecule has 7 heteroatoms. The summed E-state index contributed by atoms with van der Waals surface area (Å²) in [6, 6.07) is 6.60. The van der Waals surface area contributed by atoms with Gasteiger partial charge >= 0.3 is 0 Å². The molecule has 29 heavy (non-hydrogen) atoms. The number of aromatic nitrogens is 2. The maximum atomic E-state index is 4.88. The first-order chi connectivity index (χ1) is 13.6. The van der Waals surface area contributed by atoms with Crippen molar-refractivity contribution in [1.82, 2.24) is 20.4 Å². The minimum absolute atomic E-state index is 0. The Morgan fingerprint density at radius 3 is 2.59 bits per heavy atom. The fourth-order valence-corrected chi connectivity index (χ4v) is 3.75. The molecule has 0 bridgehead atoms. The Labute approximate surface area is 192 Å². The number of halogens is 1. The molecule has 2 heterocycles. The van der Waals surface area contributed by atoms with Crippen LogP contribution in [0.5, 0.6) is 0 Å². The second kappa shape index (κ2) is 11.4. The van der Waals surface area contributed by atoms with Gasteiger partial charge in [-0.05, 0) is 63.3 Å². The summed E-state index contributed by atoms with van der Waals surface area (Å²) >= 11 is 0. The average Bonchev–Trinajstić information content (AvgIpc) is 3.11. The van der Waals surface area contributed by atoms with Crippen molar-refractivity contribution in [3.63, 3.8) is 0 Å². The van der Waals surface area contributed by atoms with Crippen molar-refractivity contribution in [3.8, 4) is 0 Å². The number of rotatable bonds is 6. The second-order valence-corrected chi connectivity index (χ2v) is 7.55. The predicted octanol–water partition coefficient (Wildman–Crippen LogP) is 3.67. The SMILES string of the molecule is CCNC(=NCCCc1cn[nH]c1C)N1CCN(c2cccc(C)c2C)CC1.I. The van der Waals surface area contributed by atoms with Gasteiger partial charge in [0.15, 0.2) is 5.96 Å². The van der Waals surface area contributed by atoms with Crippen LogP contribution in [0, 0.1) is 20.8 Å². The van der Waals surface area contributed by atoms with Crippen LogP contribution in [-0.4, -0.2) is 60.3 Å². The third kappa shape index (κ3) is 6.10. The summed E-state index contributed by atoms with van der Waals surface area (Å²) in [7, 11) is 0. The molecule has 1 fully saturated rings. The van der Waals surface area contributed by atoms with Gasteiger partial charge in [0.25, 0.3) is 0 Å². The van der Waals surface area contributed by atoms with Gasteiger partial charge in [-0.25, -0.2) is 0 Å². The average molecular weight is 510 g/mol. The van der Waals surface area contributed by atoms with Gasteiger partial charge in [0.2, 0.25) is 0 Å². The Morgan fingerprint density at radius 2 is 1.93 bits per heavy atom. The Balaban J connectivity index is 0.00000300. The molecule has 0 spiro atoms. The smallest absolute Gasteiger partial charge is 0.194 e. The lowest BCUT2D eigenvalue weighted by atomic mass is 10.1. The van der Waals surface area contributed by atoms with Crippen LogP contribution >= 0.6 is 24.0 Å². The Bertz CT molecular complexity index is 792. The molecule has 1 aromatic carbocycles. The number of nitrogens with one attached hydrogen (secondary N) is 2. The molecule has 1 aliphatic heterocycles. The van der Waals surface area contributed by atoms with E-state index < -0.39 is 0 Å². The van der Waals surface area contributed by atoms with Crippen molar-refractivity contribution in [2.24, 2.45) is 4.99 Å². The highest BCUT2D eigenvalue weighted by Gasteiger charge is 2.21. The van der Waals surface area contributed by atoms with Crippen molar-refractivity contribution in [2.75, 3.05) is 44.2 Å². The number of nitrogens with zero attached hydrogens (tertiary/aromatic N) is 4. The van der Waals surface area contributed by atoms with E-state index in [0.29, 0.717) is 0 Å². The van der Waals surface area contributed by atoms with Gasteiger partial charge in [-0.15, -0.1) is 24.0 Å². The molecule has 160 valence electrons. The van der Waals surface area contributed by atoms with Crippen LogP contribution in [0.1, 0.15) is 35.7 Å². The van der Waals surface area contributed by atoms with Crippen LogP contribution in [0.2, 0.25) is 0 Å². The van der Waals surface area contributed by atoms with E-state index in [0.717, 1.165) is 58.1 Å². The quantitative estimate of drug-likeness (QED) is 0.270. The lowest BCUT2D eigenvalue weighted by Gasteiger charge is -2.38. The number of aryl methyl sites for hydroxylation is 3. The third-order valence-corrected chi connectivity index (χ3v) is 5.63. The number of hydrogen-bond acceptors (Lipinski definition) is 3. The summed E-state index contributed by atoms with van der Waals surface area (Å²) in [5.74, 6) is 1.05. The van der Waals surface area contributed by atoms with Crippen molar-refractivity contribution in [2.45, 2.75) is 40.5 Å². The van der Waals surface area contributed by atoms with Gasteiger partial charge in [-0.1, -0.05) is 12.1 Å². The lowest BCUT2D eigenvalue weighted by Crippen LogP contribution is -2.52. The lowest BCUT2D eigenvalue weighted by molar-refractivity contribution is 0.372.